The first-order valence-corrected chi connectivity index (χ1v) is 14.3. The van der Waals surface area contributed by atoms with Crippen LogP contribution in [0, 0.1) is 5.92 Å². The Bertz CT molecular complexity index is 1350. The molecule has 3 aromatic rings. The fourth-order valence-corrected chi connectivity index (χ4v) is 4.82. The number of ether oxygens (including phenoxy) is 1. The molecule has 37 heavy (non-hydrogen) atoms. The second-order valence-corrected chi connectivity index (χ2v) is 10.9. The minimum absolute atomic E-state index is 0.372. The summed E-state index contributed by atoms with van der Waals surface area (Å²) in [6, 6.07) is 18.1. The zero-order valence-corrected chi connectivity index (χ0v) is 21.7. The number of anilines is 3. The fraction of sp³-hybridized carbons (Fsp3) is 0.407. The molecule has 1 saturated heterocycles. The van der Waals surface area contributed by atoms with Gasteiger partial charge < -0.3 is 19.9 Å². The van der Waals surface area contributed by atoms with Gasteiger partial charge in [0.25, 0.3) is 21.0 Å². The minimum Gasteiger partial charge on any atom is -0.493 e. The van der Waals surface area contributed by atoms with E-state index in [1.54, 1.807) is 0 Å². The number of hydrogen-bond donors (Lipinski definition) is 2. The van der Waals surface area contributed by atoms with Gasteiger partial charge in [0.1, 0.15) is 17.1 Å². The number of rotatable bonds is 8. The van der Waals surface area contributed by atoms with Crippen LogP contribution in [-0.2, 0) is 16.5 Å². The van der Waals surface area contributed by atoms with Crippen LogP contribution in [0.2, 0.25) is 0 Å². The molecule has 2 N–H and O–H groups in total. The summed E-state index contributed by atoms with van der Waals surface area (Å²) in [7, 11) is -3.67. The highest BCUT2D eigenvalue weighted by molar-refractivity contribution is 7.85. The molecule has 0 amide bonds. The van der Waals surface area contributed by atoms with E-state index in [4.69, 9.17) is 9.29 Å². The van der Waals surface area contributed by atoms with Crippen molar-refractivity contribution in [3.8, 4) is 5.75 Å². The molecule has 0 spiro atoms. The van der Waals surface area contributed by atoms with E-state index >= 15 is 0 Å². The third kappa shape index (κ3) is 7.18. The van der Waals surface area contributed by atoms with Crippen molar-refractivity contribution in [1.29, 1.82) is 0 Å². The maximum atomic E-state index is 12.3. The Kier molecular flexibility index (Phi) is 8.63. The van der Waals surface area contributed by atoms with E-state index in [0.29, 0.717) is 30.1 Å². The average molecular weight is 528 g/mol. The quantitative estimate of drug-likeness (QED) is 0.337. The van der Waals surface area contributed by atoms with Crippen molar-refractivity contribution < 1.29 is 17.7 Å². The Morgan fingerprint density at radius 1 is 0.973 bits per heavy atom. The van der Waals surface area contributed by atoms with Crippen molar-refractivity contribution in [3.05, 3.63) is 80.6 Å². The maximum absolute atomic E-state index is 12.3. The molecule has 0 saturated carbocycles. The zero-order valence-electron chi connectivity index (χ0n) is 20.9. The largest absolute Gasteiger partial charge is 0.493 e. The van der Waals surface area contributed by atoms with Crippen LogP contribution in [0.1, 0.15) is 18.4 Å². The lowest BCUT2D eigenvalue weighted by atomic mass is 9.98. The van der Waals surface area contributed by atoms with Crippen molar-refractivity contribution in [2.75, 3.05) is 55.8 Å². The fourth-order valence-electron chi connectivity index (χ4n) is 4.82. The molecule has 9 nitrogen and oxygen atoms in total. The lowest BCUT2D eigenvalue weighted by Gasteiger charge is -2.32. The number of nitrogens with one attached hydrogen (secondary N) is 1. The SMILES string of the molecule is CS(=O)(=O)O.O=c1c(NCCN2CCC(COc3ccccc3)CC2)c(N2CCc3ccccc32)c1=O. The molecule has 0 radical (unpaired) electrons. The monoisotopic (exact) mass is 527 g/mol. The van der Waals surface area contributed by atoms with Crippen LogP contribution in [0.5, 0.6) is 5.75 Å². The molecule has 2 aliphatic rings. The van der Waals surface area contributed by atoms with Crippen LogP contribution in [0.4, 0.5) is 17.1 Å². The Morgan fingerprint density at radius 2 is 1.62 bits per heavy atom. The van der Waals surface area contributed by atoms with E-state index in [0.717, 1.165) is 63.5 Å². The van der Waals surface area contributed by atoms with Gasteiger partial charge in [0.15, 0.2) is 0 Å². The third-order valence-electron chi connectivity index (χ3n) is 6.71. The number of fused-ring (bicyclic) bond motifs is 1. The minimum atomic E-state index is -3.67. The highest BCUT2D eigenvalue weighted by Gasteiger charge is 2.30. The highest BCUT2D eigenvalue weighted by atomic mass is 32.2. The van der Waals surface area contributed by atoms with Crippen LogP contribution in [-0.4, -0.2) is 63.5 Å². The number of piperidine rings is 1. The van der Waals surface area contributed by atoms with Crippen molar-refractivity contribution in [2.45, 2.75) is 19.3 Å². The summed E-state index contributed by atoms with van der Waals surface area (Å²) in [6.07, 6.45) is 3.84. The van der Waals surface area contributed by atoms with Gasteiger partial charge in [-0.15, -0.1) is 0 Å². The van der Waals surface area contributed by atoms with Crippen molar-refractivity contribution in [3.63, 3.8) is 0 Å². The smallest absolute Gasteiger partial charge is 0.261 e. The molecular weight excluding hydrogens is 494 g/mol. The summed E-state index contributed by atoms with van der Waals surface area (Å²) in [6.45, 7) is 5.10. The summed E-state index contributed by atoms with van der Waals surface area (Å²) in [4.78, 5) is 29.0. The molecule has 2 heterocycles. The van der Waals surface area contributed by atoms with E-state index < -0.39 is 10.1 Å². The van der Waals surface area contributed by atoms with E-state index in [1.165, 1.54) is 5.56 Å². The molecule has 0 bridgehead atoms. The summed E-state index contributed by atoms with van der Waals surface area (Å²) in [5, 5.41) is 3.26. The highest BCUT2D eigenvalue weighted by Crippen LogP contribution is 2.35. The number of benzene rings is 2. The standard InChI is InChI=1S/C26H29N3O3.CH4O3S/c30-25-23(24(26(25)31)29-16-12-20-6-4-5-9-22(20)29)27-13-17-28-14-10-19(11-15-28)18-32-21-7-2-1-3-8-21;1-5(2,3)4/h1-9,19,27H,10-18H2;1H3,(H,2,3,4). The first-order chi connectivity index (χ1) is 17.7. The van der Waals surface area contributed by atoms with Gasteiger partial charge in [-0.1, -0.05) is 36.4 Å². The van der Waals surface area contributed by atoms with E-state index in [9.17, 15) is 18.0 Å². The molecule has 1 fully saturated rings. The normalized spacial score (nSPS) is 16.2. The molecule has 10 heteroatoms. The van der Waals surface area contributed by atoms with E-state index in [1.807, 2.05) is 53.4 Å². The number of hydrogen-bond acceptors (Lipinski definition) is 8. The topological polar surface area (TPSA) is 116 Å². The summed E-state index contributed by atoms with van der Waals surface area (Å²) < 4.78 is 31.8. The predicted molar refractivity (Wildman–Crippen MR) is 146 cm³/mol. The number of para-hydroxylation sites is 2. The first-order valence-electron chi connectivity index (χ1n) is 12.5. The number of likely N-dealkylation sites (tertiary alicyclic amines) is 1. The van der Waals surface area contributed by atoms with Crippen LogP contribution in [0.15, 0.2) is 64.2 Å². The summed E-state index contributed by atoms with van der Waals surface area (Å²) >= 11 is 0. The lowest BCUT2D eigenvalue weighted by molar-refractivity contribution is 0.144. The van der Waals surface area contributed by atoms with Crippen LogP contribution >= 0.6 is 0 Å². The van der Waals surface area contributed by atoms with Crippen LogP contribution in [0.3, 0.4) is 0 Å². The Labute approximate surface area is 217 Å². The molecule has 0 aliphatic carbocycles. The Hall–Kier alpha value is -3.21. The van der Waals surface area contributed by atoms with Crippen LogP contribution in [0.25, 0.3) is 0 Å². The second kappa shape index (κ2) is 11.9. The third-order valence-corrected chi connectivity index (χ3v) is 6.71. The molecule has 0 unspecified atom stereocenters. The van der Waals surface area contributed by atoms with Gasteiger partial charge in [-0.25, -0.2) is 0 Å². The van der Waals surface area contributed by atoms with Gasteiger partial charge in [0.2, 0.25) is 0 Å². The van der Waals surface area contributed by atoms with Gasteiger partial charge in [-0.2, -0.15) is 8.42 Å². The van der Waals surface area contributed by atoms with Crippen LogP contribution < -0.4 is 25.8 Å². The molecule has 3 aromatic carbocycles. The second-order valence-electron chi connectivity index (χ2n) is 9.48. The van der Waals surface area contributed by atoms with Crippen molar-refractivity contribution >= 4 is 27.2 Å². The van der Waals surface area contributed by atoms with Gasteiger partial charge >= 0.3 is 0 Å². The van der Waals surface area contributed by atoms with Gasteiger partial charge in [0.05, 0.1) is 12.9 Å². The van der Waals surface area contributed by atoms with Crippen molar-refractivity contribution in [2.24, 2.45) is 5.92 Å². The molecule has 2 aliphatic heterocycles. The average Bonchev–Trinajstić information content (AvgIpc) is 3.30. The lowest BCUT2D eigenvalue weighted by Crippen LogP contribution is -2.42. The molecular formula is C27H33N3O6S. The van der Waals surface area contributed by atoms with E-state index in [-0.39, 0.29) is 10.9 Å². The molecule has 5 rings (SSSR count). The maximum Gasteiger partial charge on any atom is 0.261 e. The van der Waals surface area contributed by atoms with Gasteiger partial charge in [-0.05, 0) is 62.0 Å². The van der Waals surface area contributed by atoms with E-state index in [2.05, 4.69) is 16.3 Å². The van der Waals surface area contributed by atoms with Gasteiger partial charge in [0, 0.05) is 25.3 Å². The predicted octanol–water partition coefficient (Wildman–Crippen LogP) is 2.68. The molecule has 0 atom stereocenters. The summed E-state index contributed by atoms with van der Waals surface area (Å²) in [5.74, 6) is 1.51. The number of nitrogens with zero attached hydrogens (tertiary/aromatic N) is 2. The zero-order chi connectivity index (χ0) is 26.4. The van der Waals surface area contributed by atoms with Gasteiger partial charge in [-0.3, -0.25) is 14.1 Å². The molecule has 0 aromatic heterocycles. The molecule has 198 valence electrons. The Morgan fingerprint density at radius 3 is 2.32 bits per heavy atom. The Balaban J connectivity index is 0.000000586. The first kappa shape index (κ1) is 26.8. The van der Waals surface area contributed by atoms with Crippen molar-refractivity contribution in [1.82, 2.24) is 4.90 Å². The summed E-state index contributed by atoms with van der Waals surface area (Å²) in [5.41, 5.74) is 2.53.